The fraction of sp³-hybridized carbons (Fsp3) is 0.500. The molecule has 0 amide bonds. The molecule has 0 aromatic carbocycles. The first kappa shape index (κ1) is 7.49. The van der Waals surface area contributed by atoms with Gasteiger partial charge in [0.05, 0.1) is 0 Å². The Hall–Kier alpha value is -1.16. The van der Waals surface area contributed by atoms with Gasteiger partial charge >= 0.3 is 0 Å². The van der Waals surface area contributed by atoms with Gasteiger partial charge in [0.1, 0.15) is 11.6 Å². The average Bonchev–Trinajstić information content (AvgIpc) is 2.85. The molecule has 64 valence electrons. The van der Waals surface area contributed by atoms with Gasteiger partial charge in [-0.1, -0.05) is 0 Å². The molecule has 12 heavy (non-hydrogen) atoms. The van der Waals surface area contributed by atoms with Crippen molar-refractivity contribution < 1.29 is 0 Å². The van der Waals surface area contributed by atoms with Crippen LogP contribution in [0.25, 0.3) is 0 Å². The van der Waals surface area contributed by atoms with E-state index in [4.69, 9.17) is 5.84 Å². The lowest BCUT2D eigenvalue weighted by Gasteiger charge is -2.03. The van der Waals surface area contributed by atoms with E-state index in [1.165, 1.54) is 12.8 Å². The second-order valence-corrected chi connectivity index (χ2v) is 3.14. The predicted molar refractivity (Wildman–Crippen MR) is 46.6 cm³/mol. The number of nitrogens with zero attached hydrogens (tertiary/aromatic N) is 2. The summed E-state index contributed by atoms with van der Waals surface area (Å²) in [6.45, 7) is 1.88. The Bertz CT molecular complexity index is 293. The molecule has 1 aliphatic rings. The van der Waals surface area contributed by atoms with Crippen molar-refractivity contribution in [3.05, 3.63) is 17.6 Å². The zero-order valence-corrected chi connectivity index (χ0v) is 7.04. The average molecular weight is 164 g/mol. The van der Waals surface area contributed by atoms with Crippen LogP contribution in [0.4, 0.5) is 5.82 Å². The van der Waals surface area contributed by atoms with Crippen LogP contribution < -0.4 is 11.3 Å². The maximum absolute atomic E-state index is 5.27. The summed E-state index contributed by atoms with van der Waals surface area (Å²) in [5, 5.41) is 0. The fourth-order valence-electron chi connectivity index (χ4n) is 1.25. The molecule has 0 atom stereocenters. The Balaban J connectivity index is 2.34. The number of aryl methyl sites for hydroxylation is 1. The highest BCUT2D eigenvalue weighted by Gasteiger charge is 2.25. The smallest absolute Gasteiger partial charge is 0.143 e. The summed E-state index contributed by atoms with van der Waals surface area (Å²) < 4.78 is 0. The lowest BCUT2D eigenvalue weighted by molar-refractivity contribution is 0.939. The third kappa shape index (κ3) is 1.38. The Morgan fingerprint density at radius 1 is 1.50 bits per heavy atom. The van der Waals surface area contributed by atoms with Gasteiger partial charge in [-0.25, -0.2) is 15.8 Å². The minimum Gasteiger partial charge on any atom is -0.308 e. The number of nitrogens with one attached hydrogen (secondary N) is 1. The van der Waals surface area contributed by atoms with Gasteiger partial charge in [-0.15, -0.1) is 0 Å². The van der Waals surface area contributed by atoms with Crippen molar-refractivity contribution in [1.29, 1.82) is 0 Å². The van der Waals surface area contributed by atoms with Crippen LogP contribution >= 0.6 is 0 Å². The van der Waals surface area contributed by atoms with Gasteiger partial charge in [0.25, 0.3) is 0 Å². The number of hydrogen-bond donors (Lipinski definition) is 2. The number of rotatable bonds is 2. The van der Waals surface area contributed by atoms with Crippen molar-refractivity contribution in [1.82, 2.24) is 9.97 Å². The Kier molecular flexibility index (Phi) is 1.69. The number of anilines is 1. The van der Waals surface area contributed by atoms with Crippen molar-refractivity contribution in [3.8, 4) is 0 Å². The lowest BCUT2D eigenvalue weighted by Crippen LogP contribution is -2.10. The van der Waals surface area contributed by atoms with E-state index in [2.05, 4.69) is 15.4 Å². The Morgan fingerprint density at radius 2 is 2.25 bits per heavy atom. The summed E-state index contributed by atoms with van der Waals surface area (Å²) in [7, 11) is 0. The minimum absolute atomic E-state index is 0.652. The maximum Gasteiger partial charge on any atom is 0.143 e. The molecule has 1 saturated carbocycles. The van der Waals surface area contributed by atoms with E-state index in [0.717, 1.165) is 11.5 Å². The van der Waals surface area contributed by atoms with Crippen molar-refractivity contribution in [3.63, 3.8) is 0 Å². The predicted octanol–water partition coefficient (Wildman–Crippen LogP) is 0.948. The van der Waals surface area contributed by atoms with Gasteiger partial charge in [-0.05, 0) is 19.8 Å². The first-order valence-electron chi connectivity index (χ1n) is 4.12. The molecule has 3 N–H and O–H groups in total. The summed E-state index contributed by atoms with van der Waals surface area (Å²) in [5.74, 6) is 7.42. The topological polar surface area (TPSA) is 63.8 Å². The van der Waals surface area contributed by atoms with E-state index in [-0.39, 0.29) is 0 Å². The maximum atomic E-state index is 5.27. The summed E-state index contributed by atoms with van der Waals surface area (Å²) >= 11 is 0. The van der Waals surface area contributed by atoms with Gasteiger partial charge in [0.15, 0.2) is 0 Å². The first-order chi connectivity index (χ1) is 5.79. The molecule has 0 saturated heterocycles. The minimum atomic E-state index is 0.652. The second-order valence-electron chi connectivity index (χ2n) is 3.14. The van der Waals surface area contributed by atoms with Crippen LogP contribution in [0.5, 0.6) is 0 Å². The van der Waals surface area contributed by atoms with Gasteiger partial charge in [0.2, 0.25) is 0 Å². The van der Waals surface area contributed by atoms with Crippen LogP contribution in [-0.2, 0) is 0 Å². The molecule has 0 aliphatic heterocycles. The van der Waals surface area contributed by atoms with Crippen LogP contribution in [0.15, 0.2) is 6.07 Å². The van der Waals surface area contributed by atoms with Crippen LogP contribution in [0, 0.1) is 6.92 Å². The largest absolute Gasteiger partial charge is 0.308 e. The standard InChI is InChI=1S/C8H12N4/c1-5-10-7(6-2-3-6)4-8(11-5)12-9/h4,6H,2-3,9H2,1H3,(H,10,11,12). The van der Waals surface area contributed by atoms with Crippen molar-refractivity contribution in [2.24, 2.45) is 5.84 Å². The van der Waals surface area contributed by atoms with Crippen LogP contribution in [0.2, 0.25) is 0 Å². The third-order valence-electron chi connectivity index (χ3n) is 2.00. The number of hydrogen-bond acceptors (Lipinski definition) is 4. The number of nitrogens with two attached hydrogens (primary N) is 1. The highest BCUT2D eigenvalue weighted by molar-refractivity contribution is 5.36. The summed E-state index contributed by atoms with van der Waals surface area (Å²) in [4.78, 5) is 8.45. The zero-order chi connectivity index (χ0) is 8.55. The molecule has 1 aromatic rings. The van der Waals surface area contributed by atoms with Crippen molar-refractivity contribution >= 4 is 5.82 Å². The molecule has 0 radical (unpaired) electrons. The van der Waals surface area contributed by atoms with Crippen LogP contribution in [-0.4, -0.2) is 9.97 Å². The van der Waals surface area contributed by atoms with Gasteiger partial charge in [0, 0.05) is 17.7 Å². The van der Waals surface area contributed by atoms with Crippen molar-refractivity contribution in [2.75, 3.05) is 5.43 Å². The van der Waals surface area contributed by atoms with Gasteiger partial charge in [-0.2, -0.15) is 0 Å². The number of nitrogen functional groups attached to an aromatic ring is 1. The molecule has 0 bridgehead atoms. The van der Waals surface area contributed by atoms with Crippen LogP contribution in [0.1, 0.15) is 30.3 Å². The summed E-state index contributed by atoms with van der Waals surface area (Å²) in [5.41, 5.74) is 3.66. The fourth-order valence-corrected chi connectivity index (χ4v) is 1.25. The van der Waals surface area contributed by atoms with E-state index in [1.54, 1.807) is 0 Å². The van der Waals surface area contributed by atoms with E-state index in [1.807, 2.05) is 13.0 Å². The van der Waals surface area contributed by atoms with Gasteiger partial charge in [-0.3, -0.25) is 0 Å². The quantitative estimate of drug-likeness (QED) is 0.504. The number of aromatic nitrogens is 2. The molecule has 2 rings (SSSR count). The summed E-state index contributed by atoms with van der Waals surface area (Å²) in [6.07, 6.45) is 2.50. The lowest BCUT2D eigenvalue weighted by atomic mass is 10.3. The number of hydrazine groups is 1. The first-order valence-corrected chi connectivity index (χ1v) is 4.12. The van der Waals surface area contributed by atoms with E-state index < -0.39 is 0 Å². The molecular formula is C8H12N4. The molecule has 4 nitrogen and oxygen atoms in total. The van der Waals surface area contributed by atoms with E-state index in [9.17, 15) is 0 Å². The molecule has 1 fully saturated rings. The molecule has 1 heterocycles. The highest BCUT2D eigenvalue weighted by atomic mass is 15.3. The third-order valence-corrected chi connectivity index (χ3v) is 2.00. The Morgan fingerprint density at radius 3 is 2.83 bits per heavy atom. The molecule has 1 aliphatic carbocycles. The second kappa shape index (κ2) is 2.71. The molecule has 1 aromatic heterocycles. The molecular weight excluding hydrogens is 152 g/mol. The van der Waals surface area contributed by atoms with Crippen LogP contribution in [0.3, 0.4) is 0 Å². The monoisotopic (exact) mass is 164 g/mol. The van der Waals surface area contributed by atoms with E-state index in [0.29, 0.717) is 11.7 Å². The molecule has 4 heteroatoms. The van der Waals surface area contributed by atoms with E-state index >= 15 is 0 Å². The molecule has 0 spiro atoms. The molecule has 0 unspecified atom stereocenters. The normalized spacial score (nSPS) is 16.2. The van der Waals surface area contributed by atoms with Crippen molar-refractivity contribution in [2.45, 2.75) is 25.7 Å². The Labute approximate surface area is 71.2 Å². The van der Waals surface area contributed by atoms with Gasteiger partial charge < -0.3 is 5.43 Å². The highest BCUT2D eigenvalue weighted by Crippen LogP contribution is 2.39. The summed E-state index contributed by atoms with van der Waals surface area (Å²) in [6, 6.07) is 1.92. The zero-order valence-electron chi connectivity index (χ0n) is 7.04. The SMILES string of the molecule is Cc1nc(NN)cc(C2CC2)n1.